The lowest BCUT2D eigenvalue weighted by Gasteiger charge is -2.30. The summed E-state index contributed by atoms with van der Waals surface area (Å²) in [5.41, 5.74) is 2.63. The Balaban J connectivity index is 2.11. The Bertz CT molecular complexity index is 1070. The van der Waals surface area contributed by atoms with Crippen LogP contribution in [-0.2, 0) is 26.0 Å². The molecular weight excluding hydrogens is 462 g/mol. The van der Waals surface area contributed by atoms with Gasteiger partial charge in [0.25, 0.3) is 0 Å². The van der Waals surface area contributed by atoms with Crippen LogP contribution in [0.5, 0.6) is 0 Å². The van der Waals surface area contributed by atoms with Crippen LogP contribution in [0.1, 0.15) is 51.2 Å². The van der Waals surface area contributed by atoms with E-state index in [0.717, 1.165) is 17.5 Å². The number of carbonyl (C=O) groups is 2. The van der Waals surface area contributed by atoms with Crippen molar-refractivity contribution in [1.29, 1.82) is 0 Å². The van der Waals surface area contributed by atoms with E-state index in [-0.39, 0.29) is 30.8 Å². The normalized spacial score (nSPS) is 13.1. The summed E-state index contributed by atoms with van der Waals surface area (Å²) in [7, 11) is -3.50. The smallest absolute Gasteiger partial charge is 0.242 e. The summed E-state index contributed by atoms with van der Waals surface area (Å²) in [5, 5.41) is 2.96. The van der Waals surface area contributed by atoms with Crippen molar-refractivity contribution < 1.29 is 18.0 Å². The molecule has 0 radical (unpaired) electrons. The zero-order valence-corrected chi connectivity index (χ0v) is 22.3. The minimum absolute atomic E-state index is 0.0219. The summed E-state index contributed by atoms with van der Waals surface area (Å²) in [6.45, 7) is 8.18. The molecule has 8 heteroatoms. The third-order valence-corrected chi connectivity index (χ3v) is 7.29. The Morgan fingerprint density at radius 2 is 1.69 bits per heavy atom. The number of hydrogen-bond donors (Lipinski definition) is 1. The summed E-state index contributed by atoms with van der Waals surface area (Å²) in [4.78, 5) is 27.7. The van der Waals surface area contributed by atoms with Crippen molar-refractivity contribution in [2.24, 2.45) is 0 Å². The summed E-state index contributed by atoms with van der Waals surface area (Å²) in [5.74, 6) is -0.344. The quantitative estimate of drug-likeness (QED) is 0.451. The second-order valence-electron chi connectivity index (χ2n) is 9.09. The van der Waals surface area contributed by atoms with Gasteiger partial charge in [0, 0.05) is 25.6 Å². The molecule has 0 aromatic heterocycles. The van der Waals surface area contributed by atoms with Crippen molar-refractivity contribution in [3.05, 3.63) is 65.7 Å². The van der Waals surface area contributed by atoms with E-state index < -0.39 is 16.1 Å². The fraction of sp³-hybridized carbons (Fsp3) is 0.481. The van der Waals surface area contributed by atoms with Crippen molar-refractivity contribution in [3.8, 4) is 0 Å². The fourth-order valence-corrected chi connectivity index (χ4v) is 4.78. The van der Waals surface area contributed by atoms with Gasteiger partial charge in [0.1, 0.15) is 6.04 Å². The predicted octanol–water partition coefficient (Wildman–Crippen LogP) is 3.92. The Morgan fingerprint density at radius 1 is 1.00 bits per heavy atom. The standard InChI is InChI=1S/C27H39N3O4S/c1-6-22(3)28-27(32)23(4)29(19-17-24-13-8-7-9-14-24)26(31)16-11-18-30(35(5,33)34)25-15-10-12-21(2)20-25/h7-10,12-15,20,22-23H,6,11,16-19H2,1-5H3,(H,28,32)/t22-,23+/m0/s1. The minimum Gasteiger partial charge on any atom is -0.352 e. The van der Waals surface area contributed by atoms with Gasteiger partial charge in [-0.05, 0) is 63.3 Å². The maximum absolute atomic E-state index is 13.3. The van der Waals surface area contributed by atoms with E-state index in [1.165, 1.54) is 10.6 Å². The van der Waals surface area contributed by atoms with Crippen LogP contribution in [0.4, 0.5) is 5.69 Å². The van der Waals surface area contributed by atoms with Gasteiger partial charge in [-0.2, -0.15) is 0 Å². The lowest BCUT2D eigenvalue weighted by atomic mass is 10.1. The molecule has 2 amide bonds. The second-order valence-corrected chi connectivity index (χ2v) is 11.0. The summed E-state index contributed by atoms with van der Waals surface area (Å²) >= 11 is 0. The molecule has 0 aliphatic carbocycles. The number of nitrogens with one attached hydrogen (secondary N) is 1. The van der Waals surface area contributed by atoms with Crippen LogP contribution in [-0.4, -0.2) is 56.6 Å². The van der Waals surface area contributed by atoms with Crippen LogP contribution in [0.2, 0.25) is 0 Å². The van der Waals surface area contributed by atoms with Gasteiger partial charge < -0.3 is 10.2 Å². The molecule has 0 fully saturated rings. The van der Waals surface area contributed by atoms with Gasteiger partial charge >= 0.3 is 0 Å². The number of hydrogen-bond acceptors (Lipinski definition) is 4. The third kappa shape index (κ3) is 9.02. The van der Waals surface area contributed by atoms with Crippen molar-refractivity contribution >= 4 is 27.5 Å². The minimum atomic E-state index is -3.50. The summed E-state index contributed by atoms with van der Waals surface area (Å²) < 4.78 is 26.2. The van der Waals surface area contributed by atoms with Gasteiger partial charge in [-0.15, -0.1) is 0 Å². The molecule has 2 aromatic rings. The topological polar surface area (TPSA) is 86.8 Å². The van der Waals surface area contributed by atoms with E-state index >= 15 is 0 Å². The monoisotopic (exact) mass is 501 g/mol. The molecule has 35 heavy (non-hydrogen) atoms. The van der Waals surface area contributed by atoms with E-state index in [1.807, 2.05) is 69.3 Å². The highest BCUT2D eigenvalue weighted by Crippen LogP contribution is 2.20. The average Bonchev–Trinajstić information content (AvgIpc) is 2.81. The van der Waals surface area contributed by atoms with Crippen molar-refractivity contribution in [2.75, 3.05) is 23.7 Å². The molecule has 0 aliphatic rings. The molecule has 0 saturated carbocycles. The molecule has 0 bridgehead atoms. The van der Waals surface area contributed by atoms with Gasteiger partial charge in [0.15, 0.2) is 0 Å². The lowest BCUT2D eigenvalue weighted by Crippen LogP contribution is -2.50. The van der Waals surface area contributed by atoms with Crippen molar-refractivity contribution in [2.45, 2.75) is 65.5 Å². The zero-order chi connectivity index (χ0) is 26.0. The number of sulfonamides is 1. The average molecular weight is 502 g/mol. The molecule has 0 heterocycles. The van der Waals surface area contributed by atoms with E-state index in [1.54, 1.807) is 17.9 Å². The highest BCUT2D eigenvalue weighted by molar-refractivity contribution is 7.92. The predicted molar refractivity (Wildman–Crippen MR) is 142 cm³/mol. The molecule has 0 spiro atoms. The van der Waals surface area contributed by atoms with Crippen LogP contribution in [0.3, 0.4) is 0 Å². The summed E-state index contributed by atoms with van der Waals surface area (Å²) in [6.07, 6.45) is 3.10. The Labute approximate surface area is 210 Å². The number of amides is 2. The Hall–Kier alpha value is -2.87. The molecule has 2 atom stereocenters. The molecule has 0 unspecified atom stereocenters. The van der Waals surface area contributed by atoms with Gasteiger partial charge in [-0.3, -0.25) is 13.9 Å². The highest BCUT2D eigenvalue weighted by atomic mass is 32.2. The first-order chi connectivity index (χ1) is 16.5. The van der Waals surface area contributed by atoms with E-state index in [0.29, 0.717) is 25.1 Å². The Morgan fingerprint density at radius 3 is 2.29 bits per heavy atom. The van der Waals surface area contributed by atoms with Gasteiger partial charge in [-0.25, -0.2) is 8.42 Å². The number of anilines is 1. The third-order valence-electron chi connectivity index (χ3n) is 6.09. The first kappa shape index (κ1) is 28.4. The maximum Gasteiger partial charge on any atom is 0.242 e. The van der Waals surface area contributed by atoms with Crippen molar-refractivity contribution in [1.82, 2.24) is 10.2 Å². The number of benzene rings is 2. The van der Waals surface area contributed by atoms with Crippen molar-refractivity contribution in [3.63, 3.8) is 0 Å². The molecule has 2 aromatic carbocycles. The van der Waals surface area contributed by atoms with Crippen LogP contribution in [0.15, 0.2) is 54.6 Å². The number of nitrogens with zero attached hydrogens (tertiary/aromatic N) is 2. The first-order valence-corrected chi connectivity index (χ1v) is 14.1. The largest absolute Gasteiger partial charge is 0.352 e. The van der Waals surface area contributed by atoms with E-state index in [9.17, 15) is 18.0 Å². The van der Waals surface area contributed by atoms with Crippen LogP contribution in [0.25, 0.3) is 0 Å². The first-order valence-electron chi connectivity index (χ1n) is 12.2. The number of rotatable bonds is 13. The number of aryl methyl sites for hydroxylation is 1. The van der Waals surface area contributed by atoms with Crippen LogP contribution >= 0.6 is 0 Å². The van der Waals surface area contributed by atoms with Gasteiger partial charge in [-0.1, -0.05) is 49.4 Å². The lowest BCUT2D eigenvalue weighted by molar-refractivity contribution is -0.140. The zero-order valence-electron chi connectivity index (χ0n) is 21.5. The number of carbonyl (C=O) groups excluding carboxylic acids is 2. The molecular formula is C27H39N3O4S. The molecule has 1 N–H and O–H groups in total. The van der Waals surface area contributed by atoms with Crippen LogP contribution < -0.4 is 9.62 Å². The van der Waals surface area contributed by atoms with Gasteiger partial charge in [0.05, 0.1) is 11.9 Å². The highest BCUT2D eigenvalue weighted by Gasteiger charge is 2.26. The maximum atomic E-state index is 13.3. The molecule has 0 aliphatic heterocycles. The molecule has 0 saturated heterocycles. The molecule has 192 valence electrons. The second kappa shape index (κ2) is 13.3. The Kier molecular flexibility index (Phi) is 10.8. The van der Waals surface area contributed by atoms with E-state index in [4.69, 9.17) is 0 Å². The molecule has 2 rings (SSSR count). The van der Waals surface area contributed by atoms with Crippen LogP contribution in [0, 0.1) is 6.92 Å². The molecule has 7 nitrogen and oxygen atoms in total. The SMILES string of the molecule is CC[C@H](C)NC(=O)[C@@H](C)N(CCc1ccccc1)C(=O)CCCN(c1cccc(C)c1)S(C)(=O)=O. The van der Waals surface area contributed by atoms with Gasteiger partial charge in [0.2, 0.25) is 21.8 Å². The van der Waals surface area contributed by atoms with E-state index in [2.05, 4.69) is 5.32 Å². The fourth-order valence-electron chi connectivity index (χ4n) is 3.82. The summed E-state index contributed by atoms with van der Waals surface area (Å²) in [6, 6.07) is 16.5.